The molecule has 7 heteroatoms. The van der Waals surface area contributed by atoms with Crippen LogP contribution in [0.4, 0.5) is 11.4 Å². The van der Waals surface area contributed by atoms with Crippen LogP contribution < -0.4 is 11.1 Å². The highest BCUT2D eigenvalue weighted by molar-refractivity contribution is 6.30. The Labute approximate surface area is 220 Å². The van der Waals surface area contributed by atoms with Gasteiger partial charge in [-0.1, -0.05) is 83.9 Å². The van der Waals surface area contributed by atoms with E-state index in [1.54, 1.807) is 60.7 Å². The van der Waals surface area contributed by atoms with Crippen molar-refractivity contribution in [3.8, 4) is 0 Å². The summed E-state index contributed by atoms with van der Waals surface area (Å²) in [4.78, 5) is 13.7. The third-order valence-electron chi connectivity index (χ3n) is 6.20. The first kappa shape index (κ1) is 25.6. The summed E-state index contributed by atoms with van der Waals surface area (Å²) in [7, 11) is 1.36. The number of methoxy groups -OCH3 is 1. The van der Waals surface area contributed by atoms with E-state index in [0.717, 1.165) is 5.56 Å². The number of halogens is 2. The zero-order valence-corrected chi connectivity index (χ0v) is 21.1. The third kappa shape index (κ3) is 5.05. The van der Waals surface area contributed by atoms with E-state index >= 15 is 0 Å². The van der Waals surface area contributed by atoms with Crippen LogP contribution in [-0.4, -0.2) is 24.7 Å². The van der Waals surface area contributed by atoms with Gasteiger partial charge >= 0.3 is 5.97 Å². The van der Waals surface area contributed by atoms with Crippen molar-refractivity contribution in [3.05, 3.63) is 129 Å². The maximum Gasteiger partial charge on any atom is 0.325 e. The van der Waals surface area contributed by atoms with Gasteiger partial charge in [-0.3, -0.25) is 4.79 Å². The van der Waals surface area contributed by atoms with Crippen molar-refractivity contribution in [2.45, 2.75) is 11.5 Å². The molecule has 0 radical (unpaired) electrons. The highest BCUT2D eigenvalue weighted by Gasteiger charge is 2.45. The van der Waals surface area contributed by atoms with Gasteiger partial charge in [-0.25, -0.2) is 0 Å². The fourth-order valence-corrected chi connectivity index (χ4v) is 4.60. The van der Waals surface area contributed by atoms with Gasteiger partial charge < -0.3 is 20.9 Å². The SMILES string of the molecule is COC(=O)C(c1ccc(Cl)cc1)(c1ccc(Cl)cc1)c1ccc(N)c(NC[C@H](O)c2ccccc2)c1. The minimum atomic E-state index is -1.33. The summed E-state index contributed by atoms with van der Waals surface area (Å²) >= 11 is 12.3. The molecule has 0 saturated carbocycles. The fourth-order valence-electron chi connectivity index (χ4n) is 4.35. The van der Waals surface area contributed by atoms with E-state index in [-0.39, 0.29) is 6.54 Å². The first-order chi connectivity index (χ1) is 17.4. The van der Waals surface area contributed by atoms with Crippen molar-refractivity contribution >= 4 is 40.5 Å². The number of carbonyl (C=O) groups excluding carboxylic acids is 1. The number of hydrogen-bond acceptors (Lipinski definition) is 5. The molecule has 36 heavy (non-hydrogen) atoms. The van der Waals surface area contributed by atoms with Gasteiger partial charge in [0, 0.05) is 16.6 Å². The largest absolute Gasteiger partial charge is 0.468 e. The van der Waals surface area contributed by atoms with E-state index in [0.29, 0.717) is 38.1 Å². The molecule has 4 aromatic rings. The molecule has 0 bridgehead atoms. The number of carbonyl (C=O) groups is 1. The molecule has 0 fully saturated rings. The van der Waals surface area contributed by atoms with Crippen LogP contribution in [0, 0.1) is 0 Å². The average molecular weight is 521 g/mol. The molecular weight excluding hydrogens is 495 g/mol. The van der Waals surface area contributed by atoms with E-state index < -0.39 is 17.5 Å². The fraction of sp³-hybridized carbons (Fsp3) is 0.138. The summed E-state index contributed by atoms with van der Waals surface area (Å²) in [5.74, 6) is -0.479. The van der Waals surface area contributed by atoms with Crippen LogP contribution in [0.1, 0.15) is 28.4 Å². The monoisotopic (exact) mass is 520 g/mol. The third-order valence-corrected chi connectivity index (χ3v) is 6.71. The number of esters is 1. The minimum absolute atomic E-state index is 0.227. The second-order valence-electron chi connectivity index (χ2n) is 8.36. The Hall–Kier alpha value is -3.51. The van der Waals surface area contributed by atoms with Crippen LogP contribution >= 0.6 is 23.2 Å². The first-order valence-electron chi connectivity index (χ1n) is 11.3. The van der Waals surface area contributed by atoms with Gasteiger partial charge in [0.25, 0.3) is 0 Å². The zero-order chi connectivity index (χ0) is 25.7. The van der Waals surface area contributed by atoms with Gasteiger partial charge in [0.1, 0.15) is 5.41 Å². The van der Waals surface area contributed by atoms with E-state index in [1.165, 1.54) is 7.11 Å². The van der Waals surface area contributed by atoms with Crippen LogP contribution in [0.25, 0.3) is 0 Å². The molecule has 5 nitrogen and oxygen atoms in total. The quantitative estimate of drug-likeness (QED) is 0.146. The Morgan fingerprint density at radius 1 is 0.889 bits per heavy atom. The second kappa shape index (κ2) is 11.0. The molecule has 0 saturated heterocycles. The number of rotatable bonds is 8. The van der Waals surface area contributed by atoms with Crippen molar-refractivity contribution in [2.24, 2.45) is 0 Å². The summed E-state index contributed by atoms with van der Waals surface area (Å²) < 4.78 is 5.37. The number of ether oxygens (including phenoxy) is 1. The van der Waals surface area contributed by atoms with Gasteiger partial charge in [-0.15, -0.1) is 0 Å². The van der Waals surface area contributed by atoms with Gasteiger partial charge in [-0.2, -0.15) is 0 Å². The number of benzene rings is 4. The lowest BCUT2D eigenvalue weighted by Crippen LogP contribution is -2.39. The molecule has 1 atom stereocenters. The highest BCUT2D eigenvalue weighted by atomic mass is 35.5. The smallest absolute Gasteiger partial charge is 0.325 e. The molecule has 184 valence electrons. The highest BCUT2D eigenvalue weighted by Crippen LogP contribution is 2.43. The molecule has 4 N–H and O–H groups in total. The maximum absolute atomic E-state index is 13.7. The molecule has 0 aliphatic carbocycles. The van der Waals surface area contributed by atoms with Crippen LogP contribution in [0.5, 0.6) is 0 Å². The number of hydrogen-bond donors (Lipinski definition) is 3. The Morgan fingerprint density at radius 2 is 1.42 bits per heavy atom. The molecule has 0 aliphatic heterocycles. The predicted molar refractivity (Wildman–Crippen MR) is 146 cm³/mol. The van der Waals surface area contributed by atoms with Crippen molar-refractivity contribution in [1.82, 2.24) is 0 Å². The molecule has 4 rings (SSSR count). The summed E-state index contributed by atoms with van der Waals surface area (Å²) in [6.45, 7) is 0.227. The number of aliphatic hydroxyl groups is 1. The van der Waals surface area contributed by atoms with Crippen molar-refractivity contribution < 1.29 is 14.6 Å². The normalized spacial score (nSPS) is 12.1. The lowest BCUT2D eigenvalue weighted by Gasteiger charge is -2.33. The minimum Gasteiger partial charge on any atom is -0.468 e. The molecule has 0 spiro atoms. The second-order valence-corrected chi connectivity index (χ2v) is 9.24. The summed E-state index contributed by atoms with van der Waals surface area (Å²) in [5, 5.41) is 15.0. The topological polar surface area (TPSA) is 84.6 Å². The van der Waals surface area contributed by atoms with Crippen LogP contribution in [0.2, 0.25) is 10.0 Å². The molecular formula is C29H26Cl2N2O3. The van der Waals surface area contributed by atoms with E-state index in [2.05, 4.69) is 5.32 Å². The number of anilines is 2. The van der Waals surface area contributed by atoms with Crippen molar-refractivity contribution in [3.63, 3.8) is 0 Å². The van der Waals surface area contributed by atoms with Crippen LogP contribution in [0.15, 0.2) is 97.1 Å². The standard InChI is InChI=1S/C29H26Cl2N2O3/c1-36-28(35)29(20-7-12-23(30)13-8-20,21-9-14-24(31)15-10-21)22-11-16-25(32)26(17-22)33-18-27(34)19-5-3-2-4-6-19/h2-17,27,33-34H,18,32H2,1H3/t27-/m0/s1. The number of nitrogen functional groups attached to an aromatic ring is 1. The molecule has 0 aliphatic rings. The Morgan fingerprint density at radius 3 is 1.94 bits per heavy atom. The first-order valence-corrected chi connectivity index (χ1v) is 12.1. The molecule has 0 heterocycles. The number of aliphatic hydroxyl groups excluding tert-OH is 1. The van der Waals surface area contributed by atoms with Gasteiger partial charge in [-0.05, 0) is 58.7 Å². The molecule has 0 unspecified atom stereocenters. The lowest BCUT2D eigenvalue weighted by molar-refractivity contribution is -0.144. The van der Waals surface area contributed by atoms with E-state index in [1.807, 2.05) is 36.4 Å². The summed E-state index contributed by atoms with van der Waals surface area (Å²) in [6, 6.07) is 28.8. The average Bonchev–Trinajstić information content (AvgIpc) is 2.91. The maximum atomic E-state index is 13.7. The zero-order valence-electron chi connectivity index (χ0n) is 19.6. The van der Waals surface area contributed by atoms with Gasteiger partial charge in [0.2, 0.25) is 0 Å². The Kier molecular flexibility index (Phi) is 7.85. The molecule has 0 aromatic heterocycles. The van der Waals surface area contributed by atoms with Gasteiger partial charge in [0.15, 0.2) is 0 Å². The predicted octanol–water partition coefficient (Wildman–Crippen LogP) is 6.23. The number of nitrogens with one attached hydrogen (secondary N) is 1. The van der Waals surface area contributed by atoms with E-state index in [4.69, 9.17) is 33.7 Å². The van der Waals surface area contributed by atoms with Gasteiger partial charge in [0.05, 0.1) is 24.6 Å². The summed E-state index contributed by atoms with van der Waals surface area (Å²) in [5.41, 5.74) is 8.77. The van der Waals surface area contributed by atoms with E-state index in [9.17, 15) is 9.90 Å². The Bertz CT molecular complexity index is 1280. The van der Waals surface area contributed by atoms with Crippen LogP contribution in [-0.2, 0) is 14.9 Å². The van der Waals surface area contributed by atoms with Crippen LogP contribution in [0.3, 0.4) is 0 Å². The van der Waals surface area contributed by atoms with Crippen molar-refractivity contribution in [2.75, 3.05) is 24.7 Å². The summed E-state index contributed by atoms with van der Waals surface area (Å²) in [6.07, 6.45) is -0.743. The molecule has 0 amide bonds. The molecule has 4 aromatic carbocycles. The lowest BCUT2D eigenvalue weighted by atomic mass is 9.69. The van der Waals surface area contributed by atoms with Crippen molar-refractivity contribution in [1.29, 1.82) is 0 Å². The Balaban J connectivity index is 1.84. The number of nitrogens with two attached hydrogens (primary N) is 1.